The number of carboxylic acid groups (broad SMARTS) is 1. The van der Waals surface area contributed by atoms with Crippen LogP contribution in [0.4, 0.5) is 5.82 Å². The van der Waals surface area contributed by atoms with E-state index in [-0.39, 0.29) is 5.69 Å². The van der Waals surface area contributed by atoms with Gasteiger partial charge in [-0.2, -0.15) is 0 Å². The molecule has 1 N–H and O–H groups in total. The van der Waals surface area contributed by atoms with Gasteiger partial charge in [0.25, 0.3) is 0 Å². The second-order valence-electron chi connectivity index (χ2n) is 4.36. The molecule has 0 aliphatic carbocycles. The summed E-state index contributed by atoms with van der Waals surface area (Å²) in [6.45, 7) is 0.555. The summed E-state index contributed by atoms with van der Waals surface area (Å²) in [7, 11) is 1.83. The molecule has 0 spiro atoms. The van der Waals surface area contributed by atoms with E-state index in [0.29, 0.717) is 17.3 Å². The number of hydrogen-bond donors (Lipinski definition) is 1. The molecule has 0 aliphatic heterocycles. The van der Waals surface area contributed by atoms with Crippen molar-refractivity contribution in [2.75, 3.05) is 11.9 Å². The average Bonchev–Trinajstić information content (AvgIpc) is 2.98. The monoisotopic (exact) mass is 288 g/mol. The van der Waals surface area contributed by atoms with Gasteiger partial charge in [-0.15, -0.1) is 11.3 Å². The Bertz CT molecular complexity index is 750. The average molecular weight is 288 g/mol. The predicted molar refractivity (Wildman–Crippen MR) is 76.4 cm³/mol. The molecular formula is C13H12N4O2S. The predicted octanol–water partition coefficient (Wildman–Crippen LogP) is 2.13. The fourth-order valence-corrected chi connectivity index (χ4v) is 2.79. The lowest BCUT2D eigenvalue weighted by Gasteiger charge is -2.17. The van der Waals surface area contributed by atoms with Crippen LogP contribution in [0.3, 0.4) is 0 Å². The van der Waals surface area contributed by atoms with Crippen LogP contribution in [0.2, 0.25) is 0 Å². The molecule has 3 aromatic heterocycles. The molecule has 0 unspecified atom stereocenters. The van der Waals surface area contributed by atoms with E-state index in [1.807, 2.05) is 29.5 Å². The van der Waals surface area contributed by atoms with Gasteiger partial charge in [-0.1, -0.05) is 6.07 Å². The maximum atomic E-state index is 11.5. The quantitative estimate of drug-likeness (QED) is 0.796. The Labute approximate surface area is 118 Å². The largest absolute Gasteiger partial charge is 0.476 e. The number of imidazole rings is 1. The first kappa shape index (κ1) is 12.6. The van der Waals surface area contributed by atoms with Crippen molar-refractivity contribution in [2.24, 2.45) is 0 Å². The van der Waals surface area contributed by atoms with Gasteiger partial charge in [0.05, 0.1) is 0 Å². The number of fused-ring (bicyclic) bond motifs is 1. The lowest BCUT2D eigenvalue weighted by molar-refractivity contribution is 0.0690. The summed E-state index contributed by atoms with van der Waals surface area (Å²) in [4.78, 5) is 22.4. The highest BCUT2D eigenvalue weighted by atomic mass is 32.1. The van der Waals surface area contributed by atoms with Crippen LogP contribution in [0.1, 0.15) is 16.1 Å². The van der Waals surface area contributed by atoms with Crippen molar-refractivity contribution < 1.29 is 9.90 Å². The first-order valence-corrected chi connectivity index (χ1v) is 6.83. The summed E-state index contributed by atoms with van der Waals surface area (Å²) < 4.78 is 1.60. The van der Waals surface area contributed by atoms with Crippen molar-refractivity contribution in [3.63, 3.8) is 0 Å². The molecule has 0 aromatic carbocycles. The Hall–Kier alpha value is -2.41. The maximum absolute atomic E-state index is 11.5. The first-order valence-electron chi connectivity index (χ1n) is 5.95. The summed E-state index contributed by atoms with van der Waals surface area (Å²) in [6, 6.07) is 3.80. The van der Waals surface area contributed by atoms with E-state index in [4.69, 9.17) is 0 Å². The van der Waals surface area contributed by atoms with Crippen LogP contribution < -0.4 is 4.90 Å². The number of thiazole rings is 1. The SMILES string of the molecule is CN(Cc1cccnc1)c1nc2sccn2c1C(=O)O. The van der Waals surface area contributed by atoms with Crippen LogP contribution in [0, 0.1) is 0 Å². The normalized spacial score (nSPS) is 10.8. The third-order valence-corrected chi connectivity index (χ3v) is 3.71. The van der Waals surface area contributed by atoms with E-state index >= 15 is 0 Å². The third-order valence-electron chi connectivity index (χ3n) is 2.95. The number of aromatic nitrogens is 3. The molecular weight excluding hydrogens is 276 g/mol. The molecule has 6 nitrogen and oxygen atoms in total. The standard InChI is InChI=1S/C13H12N4O2S/c1-16(8-9-3-2-4-14-7-9)11-10(12(18)19)17-5-6-20-13(17)15-11/h2-7H,8H2,1H3,(H,18,19). The van der Waals surface area contributed by atoms with Crippen LogP contribution in [-0.4, -0.2) is 32.5 Å². The Morgan fingerprint density at radius 2 is 2.40 bits per heavy atom. The van der Waals surface area contributed by atoms with Gasteiger partial charge in [0.2, 0.25) is 0 Å². The fourth-order valence-electron chi connectivity index (χ4n) is 2.08. The molecule has 0 saturated heterocycles. The Balaban J connectivity index is 1.98. The first-order chi connectivity index (χ1) is 9.66. The van der Waals surface area contributed by atoms with Gasteiger partial charge < -0.3 is 10.0 Å². The molecule has 0 aliphatic rings. The van der Waals surface area contributed by atoms with E-state index < -0.39 is 5.97 Å². The molecule has 0 atom stereocenters. The molecule has 3 rings (SSSR count). The van der Waals surface area contributed by atoms with Gasteiger partial charge >= 0.3 is 5.97 Å². The van der Waals surface area contributed by atoms with E-state index in [9.17, 15) is 9.90 Å². The molecule has 3 aromatic rings. The van der Waals surface area contributed by atoms with Gasteiger partial charge in [-0.3, -0.25) is 9.38 Å². The summed E-state index contributed by atoms with van der Waals surface area (Å²) in [5.74, 6) is -0.517. The highest BCUT2D eigenvalue weighted by Crippen LogP contribution is 2.24. The molecule has 7 heteroatoms. The van der Waals surface area contributed by atoms with Crippen LogP contribution in [-0.2, 0) is 6.54 Å². The van der Waals surface area contributed by atoms with Crippen LogP contribution >= 0.6 is 11.3 Å². The highest BCUT2D eigenvalue weighted by molar-refractivity contribution is 7.15. The number of hydrogen-bond acceptors (Lipinski definition) is 5. The van der Waals surface area contributed by atoms with Crippen LogP contribution in [0.25, 0.3) is 4.96 Å². The zero-order valence-corrected chi connectivity index (χ0v) is 11.5. The third kappa shape index (κ3) is 2.12. The summed E-state index contributed by atoms with van der Waals surface area (Å²) >= 11 is 1.41. The van der Waals surface area contributed by atoms with Crippen LogP contribution in [0.15, 0.2) is 36.1 Å². The van der Waals surface area contributed by atoms with E-state index in [0.717, 1.165) is 5.56 Å². The zero-order chi connectivity index (χ0) is 14.1. The molecule has 3 heterocycles. The number of carbonyl (C=O) groups is 1. The number of pyridine rings is 1. The summed E-state index contributed by atoms with van der Waals surface area (Å²) in [5, 5.41) is 11.2. The van der Waals surface area contributed by atoms with Crippen molar-refractivity contribution in [1.29, 1.82) is 0 Å². The second kappa shape index (κ2) is 4.93. The van der Waals surface area contributed by atoms with Crippen molar-refractivity contribution in [3.8, 4) is 0 Å². The molecule has 0 fully saturated rings. The van der Waals surface area contributed by atoms with Gasteiger partial charge in [0, 0.05) is 37.6 Å². The van der Waals surface area contributed by atoms with Crippen molar-refractivity contribution >= 4 is 28.1 Å². The Kier molecular flexibility index (Phi) is 3.11. The van der Waals surface area contributed by atoms with Crippen molar-refractivity contribution in [2.45, 2.75) is 6.54 Å². The van der Waals surface area contributed by atoms with Crippen molar-refractivity contribution in [3.05, 3.63) is 47.4 Å². The minimum Gasteiger partial charge on any atom is -0.476 e. The van der Waals surface area contributed by atoms with E-state index in [1.54, 1.807) is 23.0 Å². The van der Waals surface area contributed by atoms with Gasteiger partial charge in [0.15, 0.2) is 16.5 Å². The lowest BCUT2D eigenvalue weighted by atomic mass is 10.2. The fraction of sp³-hybridized carbons (Fsp3) is 0.154. The minimum atomic E-state index is -0.982. The smallest absolute Gasteiger partial charge is 0.356 e. The molecule has 0 saturated carbocycles. The second-order valence-corrected chi connectivity index (χ2v) is 5.24. The number of carboxylic acids is 1. The summed E-state index contributed by atoms with van der Waals surface area (Å²) in [5.41, 5.74) is 1.19. The molecule has 102 valence electrons. The minimum absolute atomic E-state index is 0.188. The van der Waals surface area contributed by atoms with Gasteiger partial charge in [-0.05, 0) is 11.6 Å². The van der Waals surface area contributed by atoms with Crippen molar-refractivity contribution in [1.82, 2.24) is 14.4 Å². The highest BCUT2D eigenvalue weighted by Gasteiger charge is 2.22. The molecule has 0 bridgehead atoms. The number of anilines is 1. The number of aromatic carboxylic acids is 1. The molecule has 20 heavy (non-hydrogen) atoms. The maximum Gasteiger partial charge on any atom is 0.356 e. The molecule has 0 radical (unpaired) electrons. The molecule has 0 amide bonds. The van der Waals surface area contributed by atoms with E-state index in [1.165, 1.54) is 11.3 Å². The van der Waals surface area contributed by atoms with Gasteiger partial charge in [0.1, 0.15) is 0 Å². The Morgan fingerprint density at radius 1 is 1.55 bits per heavy atom. The topological polar surface area (TPSA) is 70.7 Å². The van der Waals surface area contributed by atoms with Crippen LogP contribution in [0.5, 0.6) is 0 Å². The lowest BCUT2D eigenvalue weighted by Crippen LogP contribution is -2.20. The summed E-state index contributed by atoms with van der Waals surface area (Å²) in [6.07, 6.45) is 5.19. The van der Waals surface area contributed by atoms with E-state index in [2.05, 4.69) is 9.97 Å². The number of nitrogens with zero attached hydrogens (tertiary/aromatic N) is 4. The van der Waals surface area contributed by atoms with Gasteiger partial charge in [-0.25, -0.2) is 9.78 Å². The zero-order valence-electron chi connectivity index (χ0n) is 10.7. The Morgan fingerprint density at radius 3 is 3.10 bits per heavy atom. The number of rotatable bonds is 4.